The van der Waals surface area contributed by atoms with Gasteiger partial charge in [-0.05, 0) is 25.2 Å². The van der Waals surface area contributed by atoms with Crippen LogP contribution in [-0.2, 0) is 9.53 Å². The van der Waals surface area contributed by atoms with Crippen LogP contribution in [0.3, 0.4) is 0 Å². The number of carbonyl (C=O) groups is 1. The Kier molecular flexibility index (Phi) is 2.77. The van der Waals surface area contributed by atoms with Crippen molar-refractivity contribution in [3.63, 3.8) is 0 Å². The first-order valence-corrected chi connectivity index (χ1v) is 5.57. The van der Waals surface area contributed by atoms with Crippen LogP contribution in [0.2, 0.25) is 0 Å². The predicted molar refractivity (Wildman–Crippen MR) is 53.9 cm³/mol. The molecule has 3 atom stereocenters. The Morgan fingerprint density at radius 1 is 1.36 bits per heavy atom. The van der Waals surface area contributed by atoms with E-state index in [0.717, 1.165) is 18.9 Å². The van der Waals surface area contributed by atoms with E-state index >= 15 is 0 Å². The second-order valence-electron chi connectivity index (χ2n) is 4.54. The molecule has 0 N–H and O–H groups in total. The molecule has 0 aromatic rings. The zero-order valence-electron chi connectivity index (χ0n) is 9.03. The number of carbonyl (C=O) groups excluding carboxylic acids is 1. The Morgan fingerprint density at radius 3 is 2.57 bits per heavy atom. The molecule has 0 aromatic heterocycles. The molecule has 1 heterocycles. The largest absolute Gasteiger partial charge is 0.468 e. The van der Waals surface area contributed by atoms with Crippen LogP contribution in [0.5, 0.6) is 0 Å². The first-order chi connectivity index (χ1) is 6.74. The summed E-state index contributed by atoms with van der Waals surface area (Å²) in [6.45, 7) is 3.37. The van der Waals surface area contributed by atoms with E-state index in [-0.39, 0.29) is 12.0 Å². The lowest BCUT2D eigenvalue weighted by atomic mass is 9.95. The van der Waals surface area contributed by atoms with E-state index in [1.807, 2.05) is 0 Å². The number of hydrogen-bond acceptors (Lipinski definition) is 3. The molecule has 1 aliphatic heterocycles. The summed E-state index contributed by atoms with van der Waals surface area (Å²) in [5, 5.41) is 0. The number of likely N-dealkylation sites (tertiary alicyclic amines) is 1. The number of nitrogens with zero attached hydrogens (tertiary/aromatic N) is 1. The van der Waals surface area contributed by atoms with E-state index < -0.39 is 0 Å². The fourth-order valence-electron chi connectivity index (χ4n) is 2.81. The van der Waals surface area contributed by atoms with Crippen LogP contribution in [0.4, 0.5) is 0 Å². The Morgan fingerprint density at radius 2 is 2.14 bits per heavy atom. The number of ether oxygens (including phenoxy) is 1. The van der Waals surface area contributed by atoms with Crippen molar-refractivity contribution in [2.45, 2.75) is 44.7 Å². The molecular weight excluding hydrogens is 178 g/mol. The molecule has 1 saturated heterocycles. The molecule has 2 rings (SSSR count). The van der Waals surface area contributed by atoms with Gasteiger partial charge in [0.1, 0.15) is 6.04 Å². The van der Waals surface area contributed by atoms with Gasteiger partial charge in [0.2, 0.25) is 0 Å². The van der Waals surface area contributed by atoms with Crippen molar-refractivity contribution in [3.8, 4) is 0 Å². The third kappa shape index (κ3) is 1.54. The lowest BCUT2D eigenvalue weighted by Gasteiger charge is -2.44. The smallest absolute Gasteiger partial charge is 0.323 e. The first kappa shape index (κ1) is 9.97. The van der Waals surface area contributed by atoms with Gasteiger partial charge < -0.3 is 4.74 Å². The highest BCUT2D eigenvalue weighted by Gasteiger charge is 2.42. The summed E-state index contributed by atoms with van der Waals surface area (Å²) in [6.07, 6.45) is 4.87. The lowest BCUT2D eigenvalue weighted by Crippen LogP contribution is -2.57. The van der Waals surface area contributed by atoms with E-state index in [1.54, 1.807) is 0 Å². The Balaban J connectivity index is 1.95. The summed E-state index contributed by atoms with van der Waals surface area (Å²) in [5.41, 5.74) is 0. The molecular formula is C11H19NO2. The van der Waals surface area contributed by atoms with Crippen molar-refractivity contribution < 1.29 is 9.53 Å². The van der Waals surface area contributed by atoms with Crippen molar-refractivity contribution in [1.82, 2.24) is 4.90 Å². The van der Waals surface area contributed by atoms with Crippen molar-refractivity contribution in [2.75, 3.05) is 13.7 Å². The molecule has 0 radical (unpaired) electrons. The molecule has 1 saturated carbocycles. The maximum atomic E-state index is 11.4. The van der Waals surface area contributed by atoms with Crippen LogP contribution in [0, 0.1) is 5.92 Å². The van der Waals surface area contributed by atoms with Gasteiger partial charge in [-0.2, -0.15) is 0 Å². The molecule has 0 spiro atoms. The van der Waals surface area contributed by atoms with Gasteiger partial charge in [-0.1, -0.05) is 13.3 Å². The van der Waals surface area contributed by atoms with E-state index in [9.17, 15) is 4.79 Å². The van der Waals surface area contributed by atoms with Crippen LogP contribution < -0.4 is 0 Å². The first-order valence-electron chi connectivity index (χ1n) is 5.57. The molecule has 0 aromatic carbocycles. The van der Waals surface area contributed by atoms with Crippen LogP contribution in [0.15, 0.2) is 0 Å². The molecule has 80 valence electrons. The summed E-state index contributed by atoms with van der Waals surface area (Å²) in [7, 11) is 1.48. The van der Waals surface area contributed by atoms with Gasteiger partial charge in [-0.3, -0.25) is 9.69 Å². The molecule has 2 aliphatic rings. The molecule has 3 unspecified atom stereocenters. The molecule has 14 heavy (non-hydrogen) atoms. The van der Waals surface area contributed by atoms with E-state index in [1.165, 1.54) is 26.4 Å². The van der Waals surface area contributed by atoms with Crippen LogP contribution >= 0.6 is 0 Å². The van der Waals surface area contributed by atoms with Crippen molar-refractivity contribution >= 4 is 5.97 Å². The molecule has 0 amide bonds. The van der Waals surface area contributed by atoms with Crippen LogP contribution in [-0.4, -0.2) is 36.6 Å². The second kappa shape index (κ2) is 3.89. The maximum Gasteiger partial charge on any atom is 0.323 e. The SMILES string of the molecule is COC(=O)C1CCN1C1CCCC1C. The zero-order chi connectivity index (χ0) is 10.1. The van der Waals surface area contributed by atoms with E-state index in [2.05, 4.69) is 11.8 Å². The monoisotopic (exact) mass is 197 g/mol. The molecule has 0 bridgehead atoms. The zero-order valence-corrected chi connectivity index (χ0v) is 9.03. The van der Waals surface area contributed by atoms with Crippen LogP contribution in [0.25, 0.3) is 0 Å². The average molecular weight is 197 g/mol. The quantitative estimate of drug-likeness (QED) is 0.627. The van der Waals surface area contributed by atoms with Crippen LogP contribution in [0.1, 0.15) is 32.6 Å². The van der Waals surface area contributed by atoms with Crippen molar-refractivity contribution in [3.05, 3.63) is 0 Å². The highest BCUT2D eigenvalue weighted by molar-refractivity contribution is 5.76. The lowest BCUT2D eigenvalue weighted by molar-refractivity contribution is -0.154. The topological polar surface area (TPSA) is 29.5 Å². The van der Waals surface area contributed by atoms with Gasteiger partial charge in [0.25, 0.3) is 0 Å². The van der Waals surface area contributed by atoms with Gasteiger partial charge in [0, 0.05) is 12.6 Å². The van der Waals surface area contributed by atoms with Gasteiger partial charge in [-0.25, -0.2) is 0 Å². The highest BCUT2D eigenvalue weighted by atomic mass is 16.5. The minimum Gasteiger partial charge on any atom is -0.468 e. The Labute approximate surface area is 85.4 Å². The van der Waals surface area contributed by atoms with Gasteiger partial charge >= 0.3 is 5.97 Å². The standard InChI is InChI=1S/C11H19NO2/c1-8-4-3-5-9(8)12-7-6-10(12)11(13)14-2/h8-10H,3-7H2,1-2H3. The second-order valence-corrected chi connectivity index (χ2v) is 4.54. The average Bonchev–Trinajstić information content (AvgIpc) is 2.50. The minimum absolute atomic E-state index is 0.0460. The van der Waals surface area contributed by atoms with Gasteiger partial charge in [0.15, 0.2) is 0 Å². The Bertz CT molecular complexity index is 229. The summed E-state index contributed by atoms with van der Waals surface area (Å²) in [6, 6.07) is 0.693. The molecule has 3 heteroatoms. The summed E-state index contributed by atoms with van der Waals surface area (Å²) in [5.74, 6) is 0.706. The normalized spacial score (nSPS) is 38.0. The maximum absolute atomic E-state index is 11.4. The van der Waals surface area contributed by atoms with Crippen molar-refractivity contribution in [1.29, 1.82) is 0 Å². The number of rotatable bonds is 2. The highest BCUT2D eigenvalue weighted by Crippen LogP contribution is 2.35. The number of hydrogen-bond donors (Lipinski definition) is 0. The van der Waals surface area contributed by atoms with Crippen molar-refractivity contribution in [2.24, 2.45) is 5.92 Å². The number of methoxy groups -OCH3 is 1. The summed E-state index contributed by atoms with van der Waals surface area (Å²) < 4.78 is 4.80. The fraction of sp³-hybridized carbons (Fsp3) is 0.909. The van der Waals surface area contributed by atoms with E-state index in [4.69, 9.17) is 4.74 Å². The third-order valence-corrected chi connectivity index (χ3v) is 3.78. The fourth-order valence-corrected chi connectivity index (χ4v) is 2.81. The summed E-state index contributed by atoms with van der Waals surface area (Å²) in [4.78, 5) is 13.7. The number of esters is 1. The Hall–Kier alpha value is -0.570. The van der Waals surface area contributed by atoms with Gasteiger partial charge in [0.05, 0.1) is 7.11 Å². The third-order valence-electron chi connectivity index (χ3n) is 3.78. The minimum atomic E-state index is -0.0460. The summed E-state index contributed by atoms with van der Waals surface area (Å²) >= 11 is 0. The van der Waals surface area contributed by atoms with E-state index in [0.29, 0.717) is 6.04 Å². The van der Waals surface area contributed by atoms with Gasteiger partial charge in [-0.15, -0.1) is 0 Å². The molecule has 1 aliphatic carbocycles. The molecule has 2 fully saturated rings. The molecule has 3 nitrogen and oxygen atoms in total. The predicted octanol–water partition coefficient (Wildman–Crippen LogP) is 1.42.